The van der Waals surface area contributed by atoms with Crippen molar-refractivity contribution in [3.63, 3.8) is 0 Å². The average molecular weight is 246 g/mol. The molecule has 15 heavy (non-hydrogen) atoms. The van der Waals surface area contributed by atoms with E-state index in [1.54, 1.807) is 7.05 Å². The van der Waals surface area contributed by atoms with Crippen LogP contribution < -0.4 is 5.32 Å². The van der Waals surface area contributed by atoms with E-state index in [9.17, 15) is 21.6 Å². The second-order valence-corrected chi connectivity index (χ2v) is 5.37. The summed E-state index contributed by atoms with van der Waals surface area (Å²) in [5.74, 6) is 0. The van der Waals surface area contributed by atoms with Crippen LogP contribution in [0.15, 0.2) is 0 Å². The molecule has 1 heterocycles. The first kappa shape index (κ1) is 12.7. The highest BCUT2D eigenvalue weighted by Gasteiger charge is 2.50. The molecule has 1 unspecified atom stereocenters. The van der Waals surface area contributed by atoms with E-state index in [1.807, 2.05) is 0 Å². The maximum Gasteiger partial charge on any atom is 0.511 e. The van der Waals surface area contributed by atoms with E-state index in [-0.39, 0.29) is 19.1 Å². The number of nitrogens with zero attached hydrogens (tertiary/aromatic N) is 1. The number of sulfonamides is 1. The van der Waals surface area contributed by atoms with Gasteiger partial charge < -0.3 is 5.32 Å². The van der Waals surface area contributed by atoms with Crippen molar-refractivity contribution in [3.8, 4) is 0 Å². The molecule has 0 amide bonds. The number of alkyl halides is 3. The van der Waals surface area contributed by atoms with E-state index < -0.39 is 15.5 Å². The van der Waals surface area contributed by atoms with Gasteiger partial charge in [-0.05, 0) is 19.9 Å². The standard InChI is InChI=1S/C7H13F3N2O2S/c1-11-6-3-2-4-12(5-6)15(13,14)7(8,9)10/h6,11H,2-5H2,1H3. The summed E-state index contributed by atoms with van der Waals surface area (Å²) in [5.41, 5.74) is -5.19. The summed E-state index contributed by atoms with van der Waals surface area (Å²) in [6, 6.07) is -0.198. The highest BCUT2D eigenvalue weighted by molar-refractivity contribution is 7.90. The molecule has 0 aromatic heterocycles. The Morgan fingerprint density at radius 3 is 2.47 bits per heavy atom. The second kappa shape index (κ2) is 4.26. The molecule has 0 saturated carbocycles. The number of piperidine rings is 1. The van der Waals surface area contributed by atoms with E-state index in [2.05, 4.69) is 5.32 Å². The Morgan fingerprint density at radius 2 is 2.00 bits per heavy atom. The summed E-state index contributed by atoms with van der Waals surface area (Å²) >= 11 is 0. The van der Waals surface area contributed by atoms with Crippen LogP contribution in [0.2, 0.25) is 0 Å². The smallest absolute Gasteiger partial charge is 0.316 e. The number of likely N-dealkylation sites (N-methyl/N-ethyl adjacent to an activating group) is 1. The molecule has 0 aromatic rings. The fourth-order valence-electron chi connectivity index (χ4n) is 1.54. The summed E-state index contributed by atoms with van der Waals surface area (Å²) in [6.45, 7) is -0.168. The molecule has 1 N–H and O–H groups in total. The van der Waals surface area contributed by atoms with E-state index in [0.29, 0.717) is 17.1 Å². The fourth-order valence-corrected chi connectivity index (χ4v) is 2.58. The summed E-state index contributed by atoms with van der Waals surface area (Å²) < 4.78 is 59.2. The van der Waals surface area contributed by atoms with E-state index in [4.69, 9.17) is 0 Å². The molecule has 1 fully saturated rings. The monoisotopic (exact) mass is 246 g/mol. The maximum atomic E-state index is 12.2. The van der Waals surface area contributed by atoms with Crippen molar-refractivity contribution in [2.45, 2.75) is 24.4 Å². The van der Waals surface area contributed by atoms with Gasteiger partial charge in [0.25, 0.3) is 0 Å². The minimum atomic E-state index is -5.19. The van der Waals surface area contributed by atoms with Crippen LogP contribution >= 0.6 is 0 Å². The molecular weight excluding hydrogens is 233 g/mol. The molecule has 0 radical (unpaired) electrons. The van der Waals surface area contributed by atoms with Gasteiger partial charge in [-0.3, -0.25) is 0 Å². The quantitative estimate of drug-likeness (QED) is 0.772. The van der Waals surface area contributed by atoms with Gasteiger partial charge in [0.1, 0.15) is 0 Å². The molecule has 0 bridgehead atoms. The van der Waals surface area contributed by atoms with Gasteiger partial charge in [0, 0.05) is 19.1 Å². The van der Waals surface area contributed by atoms with Crippen LogP contribution in [0, 0.1) is 0 Å². The number of nitrogens with one attached hydrogen (secondary N) is 1. The molecule has 0 aromatic carbocycles. The van der Waals surface area contributed by atoms with E-state index in [0.717, 1.165) is 0 Å². The van der Waals surface area contributed by atoms with Crippen molar-refractivity contribution in [2.75, 3.05) is 20.1 Å². The van der Waals surface area contributed by atoms with Crippen molar-refractivity contribution >= 4 is 10.0 Å². The first-order valence-electron chi connectivity index (χ1n) is 4.52. The lowest BCUT2D eigenvalue weighted by atomic mass is 10.1. The normalized spacial score (nSPS) is 25.5. The minimum Gasteiger partial charge on any atom is -0.316 e. The van der Waals surface area contributed by atoms with Gasteiger partial charge in [-0.2, -0.15) is 17.5 Å². The molecule has 1 rings (SSSR count). The minimum absolute atomic E-state index is 0.0555. The molecule has 8 heteroatoms. The zero-order valence-corrected chi connectivity index (χ0v) is 9.03. The van der Waals surface area contributed by atoms with Crippen molar-refractivity contribution in [1.29, 1.82) is 0 Å². The van der Waals surface area contributed by atoms with Crippen LogP contribution in [0.1, 0.15) is 12.8 Å². The average Bonchev–Trinajstić information content (AvgIpc) is 2.16. The lowest BCUT2D eigenvalue weighted by Crippen LogP contribution is -2.50. The van der Waals surface area contributed by atoms with Crippen LogP contribution in [0.25, 0.3) is 0 Å². The van der Waals surface area contributed by atoms with Gasteiger partial charge >= 0.3 is 15.5 Å². The van der Waals surface area contributed by atoms with Gasteiger partial charge in [-0.25, -0.2) is 8.42 Å². The zero-order valence-electron chi connectivity index (χ0n) is 8.21. The molecule has 1 aliphatic heterocycles. The maximum absolute atomic E-state index is 12.2. The first-order chi connectivity index (χ1) is 6.79. The van der Waals surface area contributed by atoms with Gasteiger partial charge in [0.05, 0.1) is 0 Å². The van der Waals surface area contributed by atoms with Crippen LogP contribution in [0.5, 0.6) is 0 Å². The van der Waals surface area contributed by atoms with Crippen LogP contribution in [-0.4, -0.2) is 44.4 Å². The summed E-state index contributed by atoms with van der Waals surface area (Å²) in [7, 11) is -3.54. The fraction of sp³-hybridized carbons (Fsp3) is 1.00. The number of rotatable bonds is 2. The molecule has 90 valence electrons. The summed E-state index contributed by atoms with van der Waals surface area (Å²) in [4.78, 5) is 0. The highest BCUT2D eigenvalue weighted by atomic mass is 32.2. The number of hydrogen-bond acceptors (Lipinski definition) is 3. The summed E-state index contributed by atoms with van der Waals surface area (Å²) in [6.07, 6.45) is 1.14. The van der Waals surface area contributed by atoms with Crippen molar-refractivity contribution in [1.82, 2.24) is 9.62 Å². The van der Waals surface area contributed by atoms with Crippen LogP contribution in [0.3, 0.4) is 0 Å². The third kappa shape index (κ3) is 2.61. The molecule has 0 spiro atoms. The molecule has 1 saturated heterocycles. The van der Waals surface area contributed by atoms with Crippen molar-refractivity contribution in [2.24, 2.45) is 0 Å². The third-order valence-electron chi connectivity index (χ3n) is 2.42. The summed E-state index contributed by atoms with van der Waals surface area (Å²) in [5, 5.41) is 2.78. The predicted molar refractivity (Wildman–Crippen MR) is 48.6 cm³/mol. The third-order valence-corrected chi connectivity index (χ3v) is 4.02. The molecule has 4 nitrogen and oxygen atoms in total. The Balaban J connectivity index is 2.80. The van der Waals surface area contributed by atoms with Crippen LogP contribution in [0.4, 0.5) is 13.2 Å². The second-order valence-electron chi connectivity index (χ2n) is 3.44. The first-order valence-corrected chi connectivity index (χ1v) is 5.96. The Kier molecular flexibility index (Phi) is 3.62. The molecule has 1 atom stereocenters. The van der Waals surface area contributed by atoms with Gasteiger partial charge in [0.15, 0.2) is 0 Å². The van der Waals surface area contributed by atoms with Crippen molar-refractivity contribution in [3.05, 3.63) is 0 Å². The molecular formula is C7H13F3N2O2S. The topological polar surface area (TPSA) is 49.4 Å². The lowest BCUT2D eigenvalue weighted by Gasteiger charge is -2.31. The largest absolute Gasteiger partial charge is 0.511 e. The lowest BCUT2D eigenvalue weighted by molar-refractivity contribution is -0.0495. The van der Waals surface area contributed by atoms with Gasteiger partial charge in [-0.1, -0.05) is 0 Å². The van der Waals surface area contributed by atoms with E-state index in [1.165, 1.54) is 0 Å². The molecule has 0 aliphatic carbocycles. The Morgan fingerprint density at radius 1 is 1.40 bits per heavy atom. The number of hydrogen-bond donors (Lipinski definition) is 1. The SMILES string of the molecule is CNC1CCCN(S(=O)(=O)C(F)(F)F)C1. The highest BCUT2D eigenvalue weighted by Crippen LogP contribution is 2.28. The van der Waals surface area contributed by atoms with Gasteiger partial charge in [-0.15, -0.1) is 0 Å². The van der Waals surface area contributed by atoms with Gasteiger partial charge in [0.2, 0.25) is 0 Å². The van der Waals surface area contributed by atoms with Crippen LogP contribution in [-0.2, 0) is 10.0 Å². The zero-order chi connectivity index (χ0) is 11.7. The molecule has 1 aliphatic rings. The number of halogens is 3. The Bertz CT molecular complexity index is 315. The Hall–Kier alpha value is -0.340. The Labute approximate surface area is 86.5 Å². The predicted octanol–water partition coefficient (Wildman–Crippen LogP) is 0.520. The van der Waals surface area contributed by atoms with Crippen molar-refractivity contribution < 1.29 is 21.6 Å². The van der Waals surface area contributed by atoms with E-state index >= 15 is 0 Å².